The summed E-state index contributed by atoms with van der Waals surface area (Å²) in [4.78, 5) is 12.9. The van der Waals surface area contributed by atoms with Gasteiger partial charge in [0.05, 0.1) is 11.0 Å². The van der Waals surface area contributed by atoms with Gasteiger partial charge in [-0.25, -0.2) is 0 Å². The summed E-state index contributed by atoms with van der Waals surface area (Å²) in [5, 5.41) is 1.19. The number of aromatic nitrogens is 1. The number of carbonyl (C=O) groups is 1. The maximum absolute atomic E-state index is 12.9. The van der Waals surface area contributed by atoms with Crippen LogP contribution in [0, 0.1) is 6.92 Å². The topological polar surface area (TPSA) is 21.5 Å². The van der Waals surface area contributed by atoms with Gasteiger partial charge in [0, 0.05) is 22.7 Å². The van der Waals surface area contributed by atoms with Gasteiger partial charge in [0.2, 0.25) is 0 Å². The van der Waals surface area contributed by atoms with Crippen molar-refractivity contribution in [3.8, 4) is 0 Å². The molecule has 4 aromatic rings. The zero-order valence-corrected chi connectivity index (χ0v) is 12.3. The SMILES string of the molecule is Cc1c2ccccc2n2cccc(C(=O)c3ccccc3)c12. The zero-order chi connectivity index (χ0) is 15.1. The minimum atomic E-state index is 0.0668. The second-order valence-corrected chi connectivity index (χ2v) is 5.48. The summed E-state index contributed by atoms with van der Waals surface area (Å²) in [6.07, 6.45) is 2.02. The van der Waals surface area contributed by atoms with Gasteiger partial charge in [-0.15, -0.1) is 0 Å². The normalized spacial score (nSPS) is 11.1. The van der Waals surface area contributed by atoms with E-state index in [2.05, 4.69) is 23.5 Å². The van der Waals surface area contributed by atoms with Gasteiger partial charge >= 0.3 is 0 Å². The molecule has 2 heteroatoms. The van der Waals surface area contributed by atoms with Gasteiger partial charge in [-0.1, -0.05) is 48.5 Å². The number of aryl methyl sites for hydroxylation is 1. The largest absolute Gasteiger partial charge is 0.316 e. The van der Waals surface area contributed by atoms with Crippen LogP contribution in [0.1, 0.15) is 21.5 Å². The molecule has 0 radical (unpaired) electrons. The summed E-state index contributed by atoms with van der Waals surface area (Å²) >= 11 is 0. The average Bonchev–Trinajstić information content (AvgIpc) is 2.89. The number of nitrogens with zero attached hydrogens (tertiary/aromatic N) is 1. The quantitative estimate of drug-likeness (QED) is 0.492. The predicted molar refractivity (Wildman–Crippen MR) is 89.5 cm³/mol. The summed E-state index contributed by atoms with van der Waals surface area (Å²) in [5.41, 5.74) is 4.76. The van der Waals surface area contributed by atoms with E-state index in [1.807, 2.05) is 60.8 Å². The number of hydrogen-bond donors (Lipinski definition) is 0. The first kappa shape index (κ1) is 12.8. The van der Waals surface area contributed by atoms with Gasteiger partial charge < -0.3 is 4.40 Å². The van der Waals surface area contributed by atoms with Gasteiger partial charge in [0.1, 0.15) is 0 Å². The molecule has 0 fully saturated rings. The van der Waals surface area contributed by atoms with Crippen LogP contribution in [0.4, 0.5) is 0 Å². The molecule has 0 aliphatic heterocycles. The van der Waals surface area contributed by atoms with Crippen molar-refractivity contribution >= 4 is 22.2 Å². The number of fused-ring (bicyclic) bond motifs is 3. The highest BCUT2D eigenvalue weighted by Crippen LogP contribution is 2.29. The Bertz CT molecular complexity index is 996. The Labute approximate surface area is 128 Å². The molecule has 2 heterocycles. The highest BCUT2D eigenvalue weighted by Gasteiger charge is 2.17. The lowest BCUT2D eigenvalue weighted by Crippen LogP contribution is -2.03. The molecular formula is C20H15NO. The van der Waals surface area contributed by atoms with E-state index >= 15 is 0 Å². The lowest BCUT2D eigenvalue weighted by molar-refractivity contribution is 0.104. The summed E-state index contributed by atoms with van der Waals surface area (Å²) in [5.74, 6) is 0.0668. The molecule has 106 valence electrons. The van der Waals surface area contributed by atoms with Gasteiger partial charge in [-0.3, -0.25) is 4.79 Å². The van der Waals surface area contributed by atoms with Gasteiger partial charge in [0.15, 0.2) is 5.78 Å². The summed E-state index contributed by atoms with van der Waals surface area (Å²) < 4.78 is 2.11. The lowest BCUT2D eigenvalue weighted by atomic mass is 10.0. The van der Waals surface area contributed by atoms with Crippen molar-refractivity contribution in [1.29, 1.82) is 0 Å². The van der Waals surface area contributed by atoms with Crippen LogP contribution in [0.25, 0.3) is 16.4 Å². The molecule has 0 bridgehead atoms. The zero-order valence-electron chi connectivity index (χ0n) is 12.3. The first-order valence-corrected chi connectivity index (χ1v) is 7.35. The van der Waals surface area contributed by atoms with Crippen LogP contribution in [0.15, 0.2) is 72.9 Å². The Morgan fingerprint density at radius 1 is 0.864 bits per heavy atom. The lowest BCUT2D eigenvalue weighted by Gasteiger charge is -2.06. The Morgan fingerprint density at radius 3 is 2.41 bits per heavy atom. The second kappa shape index (κ2) is 4.85. The Kier molecular flexibility index (Phi) is 2.83. The molecule has 0 spiro atoms. The molecule has 0 atom stereocenters. The van der Waals surface area contributed by atoms with E-state index in [0.29, 0.717) is 0 Å². The molecule has 2 nitrogen and oxygen atoms in total. The van der Waals surface area contributed by atoms with Crippen LogP contribution in [-0.4, -0.2) is 10.2 Å². The number of ketones is 1. The number of pyridine rings is 1. The van der Waals surface area contributed by atoms with Crippen LogP contribution in [0.5, 0.6) is 0 Å². The van der Waals surface area contributed by atoms with Crippen molar-refractivity contribution < 1.29 is 4.79 Å². The number of carbonyl (C=O) groups excluding carboxylic acids is 1. The molecule has 0 amide bonds. The van der Waals surface area contributed by atoms with Crippen LogP contribution in [-0.2, 0) is 0 Å². The average molecular weight is 285 g/mol. The van der Waals surface area contributed by atoms with Crippen LogP contribution in [0.2, 0.25) is 0 Å². The number of rotatable bonds is 2. The molecular weight excluding hydrogens is 270 g/mol. The van der Waals surface area contributed by atoms with Crippen molar-refractivity contribution in [2.24, 2.45) is 0 Å². The molecule has 0 N–H and O–H groups in total. The molecule has 0 unspecified atom stereocenters. The fourth-order valence-corrected chi connectivity index (χ4v) is 3.15. The second-order valence-electron chi connectivity index (χ2n) is 5.48. The van der Waals surface area contributed by atoms with Gasteiger partial charge in [0.25, 0.3) is 0 Å². The van der Waals surface area contributed by atoms with Crippen molar-refractivity contribution in [2.45, 2.75) is 6.92 Å². The molecule has 22 heavy (non-hydrogen) atoms. The molecule has 2 aromatic carbocycles. The maximum Gasteiger partial charge on any atom is 0.195 e. The standard InChI is InChI=1S/C20H15NO/c1-14-16-10-5-6-12-18(16)21-13-7-11-17(19(14)21)20(22)15-8-3-2-4-9-15/h2-13H,1H3. The third-order valence-corrected chi connectivity index (χ3v) is 4.20. The van der Waals surface area contributed by atoms with E-state index in [9.17, 15) is 4.79 Å². The van der Waals surface area contributed by atoms with E-state index in [0.717, 1.165) is 27.7 Å². The Balaban J connectivity index is 2.05. The fourth-order valence-electron chi connectivity index (χ4n) is 3.15. The molecule has 0 saturated carbocycles. The minimum absolute atomic E-state index is 0.0668. The molecule has 4 rings (SSSR count). The molecule has 2 aromatic heterocycles. The third-order valence-electron chi connectivity index (χ3n) is 4.20. The van der Waals surface area contributed by atoms with Crippen molar-refractivity contribution in [2.75, 3.05) is 0 Å². The van der Waals surface area contributed by atoms with E-state index in [1.54, 1.807) is 0 Å². The number of benzene rings is 2. The van der Waals surface area contributed by atoms with Gasteiger partial charge in [-0.2, -0.15) is 0 Å². The maximum atomic E-state index is 12.9. The third kappa shape index (κ3) is 1.77. The number of hydrogen-bond acceptors (Lipinski definition) is 1. The highest BCUT2D eigenvalue weighted by atomic mass is 16.1. The smallest absolute Gasteiger partial charge is 0.195 e. The van der Waals surface area contributed by atoms with Crippen molar-refractivity contribution in [3.63, 3.8) is 0 Å². The minimum Gasteiger partial charge on any atom is -0.316 e. The monoisotopic (exact) mass is 285 g/mol. The van der Waals surface area contributed by atoms with Crippen LogP contribution >= 0.6 is 0 Å². The van der Waals surface area contributed by atoms with Crippen LogP contribution < -0.4 is 0 Å². The molecule has 0 saturated heterocycles. The highest BCUT2D eigenvalue weighted by molar-refractivity contribution is 6.15. The molecule has 0 aliphatic rings. The number of para-hydroxylation sites is 1. The fraction of sp³-hybridized carbons (Fsp3) is 0.0500. The summed E-state index contributed by atoms with van der Waals surface area (Å²) in [6.45, 7) is 2.08. The first-order chi connectivity index (χ1) is 10.8. The van der Waals surface area contributed by atoms with E-state index in [1.165, 1.54) is 5.39 Å². The predicted octanol–water partition coefficient (Wildman–Crippen LogP) is 4.63. The van der Waals surface area contributed by atoms with Crippen LogP contribution in [0.3, 0.4) is 0 Å². The Morgan fingerprint density at radius 2 is 1.59 bits per heavy atom. The first-order valence-electron chi connectivity index (χ1n) is 7.35. The van der Waals surface area contributed by atoms with Crippen molar-refractivity contribution in [3.05, 3.63) is 89.6 Å². The van der Waals surface area contributed by atoms with Crippen molar-refractivity contribution in [1.82, 2.24) is 4.40 Å². The summed E-state index contributed by atoms with van der Waals surface area (Å²) in [7, 11) is 0. The van der Waals surface area contributed by atoms with E-state index in [-0.39, 0.29) is 5.78 Å². The molecule has 0 aliphatic carbocycles. The van der Waals surface area contributed by atoms with E-state index < -0.39 is 0 Å². The summed E-state index contributed by atoms with van der Waals surface area (Å²) in [6, 6.07) is 21.6. The van der Waals surface area contributed by atoms with Gasteiger partial charge in [-0.05, 0) is 30.7 Å². The van der Waals surface area contributed by atoms with E-state index in [4.69, 9.17) is 0 Å². The Hall–Kier alpha value is -2.87.